The second-order valence-corrected chi connectivity index (χ2v) is 5.15. The number of amides is 1. The van der Waals surface area contributed by atoms with Gasteiger partial charge in [-0.2, -0.15) is 0 Å². The Morgan fingerprint density at radius 3 is 2.85 bits per heavy atom. The zero-order valence-electron chi connectivity index (χ0n) is 11.3. The highest BCUT2D eigenvalue weighted by Gasteiger charge is 2.12. The van der Waals surface area contributed by atoms with Gasteiger partial charge in [0.1, 0.15) is 10.4 Å². The molecule has 0 fully saturated rings. The van der Waals surface area contributed by atoms with E-state index in [4.69, 9.17) is 4.74 Å². The quantitative estimate of drug-likeness (QED) is 0.872. The van der Waals surface area contributed by atoms with E-state index in [2.05, 4.69) is 26.2 Å². The van der Waals surface area contributed by atoms with Crippen molar-refractivity contribution in [1.82, 2.24) is 10.3 Å². The van der Waals surface area contributed by atoms with Crippen molar-refractivity contribution in [2.45, 2.75) is 13.0 Å². The molecule has 2 rings (SSSR count). The van der Waals surface area contributed by atoms with Crippen molar-refractivity contribution < 1.29 is 9.53 Å². The van der Waals surface area contributed by atoms with E-state index in [9.17, 15) is 4.79 Å². The van der Waals surface area contributed by atoms with Gasteiger partial charge in [0.05, 0.1) is 13.2 Å². The van der Waals surface area contributed by atoms with Gasteiger partial charge >= 0.3 is 0 Å². The molecule has 1 heterocycles. The number of carbonyl (C=O) groups excluding carboxylic acids is 1. The van der Waals surface area contributed by atoms with E-state index < -0.39 is 0 Å². The predicted octanol–water partition coefficient (Wildman–Crippen LogP) is 3.34. The van der Waals surface area contributed by atoms with Crippen LogP contribution in [0.15, 0.2) is 47.2 Å². The van der Waals surface area contributed by atoms with E-state index in [1.807, 2.05) is 31.2 Å². The summed E-state index contributed by atoms with van der Waals surface area (Å²) < 4.78 is 5.82. The molecule has 104 valence electrons. The fourth-order valence-corrected chi connectivity index (χ4v) is 2.18. The number of benzene rings is 1. The molecule has 1 aromatic heterocycles. The minimum Gasteiger partial charge on any atom is -0.497 e. The topological polar surface area (TPSA) is 51.2 Å². The molecular formula is C15H15BrN2O2. The van der Waals surface area contributed by atoms with Crippen LogP contribution in [0.3, 0.4) is 0 Å². The van der Waals surface area contributed by atoms with Gasteiger partial charge in [-0.1, -0.05) is 12.1 Å². The van der Waals surface area contributed by atoms with Crippen LogP contribution in [0.25, 0.3) is 0 Å². The summed E-state index contributed by atoms with van der Waals surface area (Å²) >= 11 is 3.25. The Labute approximate surface area is 126 Å². The largest absolute Gasteiger partial charge is 0.497 e. The summed E-state index contributed by atoms with van der Waals surface area (Å²) in [6.45, 7) is 1.93. The van der Waals surface area contributed by atoms with Gasteiger partial charge in [0.15, 0.2) is 0 Å². The van der Waals surface area contributed by atoms with Crippen molar-refractivity contribution in [2.75, 3.05) is 7.11 Å². The van der Waals surface area contributed by atoms with Crippen LogP contribution in [0.2, 0.25) is 0 Å². The molecule has 0 radical (unpaired) electrons. The van der Waals surface area contributed by atoms with Crippen molar-refractivity contribution in [3.63, 3.8) is 0 Å². The van der Waals surface area contributed by atoms with Crippen LogP contribution >= 0.6 is 15.9 Å². The first-order valence-corrected chi connectivity index (χ1v) is 6.96. The van der Waals surface area contributed by atoms with Gasteiger partial charge in [-0.25, -0.2) is 4.98 Å². The maximum Gasteiger partial charge on any atom is 0.251 e. The Hall–Kier alpha value is -1.88. The lowest BCUT2D eigenvalue weighted by molar-refractivity contribution is 0.0939. The second-order valence-electron chi connectivity index (χ2n) is 4.34. The fraction of sp³-hybridized carbons (Fsp3) is 0.200. The van der Waals surface area contributed by atoms with E-state index in [1.165, 1.54) is 0 Å². The molecule has 1 unspecified atom stereocenters. The van der Waals surface area contributed by atoms with E-state index in [0.717, 1.165) is 11.3 Å². The molecule has 20 heavy (non-hydrogen) atoms. The third kappa shape index (κ3) is 3.57. The number of hydrogen-bond acceptors (Lipinski definition) is 3. The van der Waals surface area contributed by atoms with Crippen LogP contribution in [-0.2, 0) is 0 Å². The van der Waals surface area contributed by atoms with E-state index in [1.54, 1.807) is 25.4 Å². The van der Waals surface area contributed by atoms with Gasteiger partial charge in [-0.3, -0.25) is 4.79 Å². The Balaban J connectivity index is 2.10. The molecule has 1 N–H and O–H groups in total. The molecule has 0 bridgehead atoms. The van der Waals surface area contributed by atoms with Crippen molar-refractivity contribution in [3.05, 3.63) is 58.3 Å². The Bertz CT molecular complexity index is 616. The SMILES string of the molecule is COc1cccc(C(C)NC(=O)c2ccnc(Br)c2)c1. The lowest BCUT2D eigenvalue weighted by Crippen LogP contribution is -2.26. The molecule has 0 aliphatic rings. The number of nitrogens with zero attached hydrogens (tertiary/aromatic N) is 1. The van der Waals surface area contributed by atoms with Crippen LogP contribution in [0.5, 0.6) is 5.75 Å². The molecule has 4 nitrogen and oxygen atoms in total. The number of aromatic nitrogens is 1. The van der Waals surface area contributed by atoms with Gasteiger partial charge in [0.25, 0.3) is 5.91 Å². The molecule has 0 aliphatic heterocycles. The lowest BCUT2D eigenvalue weighted by Gasteiger charge is -2.15. The van der Waals surface area contributed by atoms with Crippen molar-refractivity contribution in [3.8, 4) is 5.75 Å². The molecule has 1 aromatic carbocycles. The number of hydrogen-bond donors (Lipinski definition) is 1. The van der Waals surface area contributed by atoms with E-state index >= 15 is 0 Å². The standard InChI is InChI=1S/C15H15BrN2O2/c1-10(11-4-3-5-13(8-11)20-2)18-15(19)12-6-7-17-14(16)9-12/h3-10H,1-2H3,(H,18,19). The van der Waals surface area contributed by atoms with Gasteiger partial charge in [-0.15, -0.1) is 0 Å². The smallest absolute Gasteiger partial charge is 0.251 e. The normalized spacial score (nSPS) is 11.8. The summed E-state index contributed by atoms with van der Waals surface area (Å²) in [5.74, 6) is 0.638. The lowest BCUT2D eigenvalue weighted by atomic mass is 10.1. The summed E-state index contributed by atoms with van der Waals surface area (Å²) in [7, 11) is 1.62. The van der Waals surface area contributed by atoms with E-state index in [-0.39, 0.29) is 11.9 Å². The highest BCUT2D eigenvalue weighted by molar-refractivity contribution is 9.10. The number of pyridine rings is 1. The number of halogens is 1. The molecule has 0 saturated heterocycles. The first-order valence-electron chi connectivity index (χ1n) is 6.16. The minimum absolute atomic E-state index is 0.107. The van der Waals surface area contributed by atoms with Crippen molar-refractivity contribution in [1.29, 1.82) is 0 Å². The maximum atomic E-state index is 12.1. The molecule has 0 spiro atoms. The highest BCUT2D eigenvalue weighted by Crippen LogP contribution is 2.19. The number of rotatable bonds is 4. The van der Waals surface area contributed by atoms with Crippen LogP contribution in [0, 0.1) is 0 Å². The second kappa shape index (κ2) is 6.52. The first-order chi connectivity index (χ1) is 9.60. The fourth-order valence-electron chi connectivity index (χ4n) is 1.82. The minimum atomic E-state index is -0.136. The third-order valence-corrected chi connectivity index (χ3v) is 3.36. The van der Waals surface area contributed by atoms with Crippen LogP contribution in [-0.4, -0.2) is 18.0 Å². The Morgan fingerprint density at radius 1 is 1.35 bits per heavy atom. The van der Waals surface area contributed by atoms with Gasteiger partial charge in [-0.05, 0) is 52.7 Å². The van der Waals surface area contributed by atoms with Crippen LogP contribution in [0.4, 0.5) is 0 Å². The average molecular weight is 335 g/mol. The summed E-state index contributed by atoms with van der Waals surface area (Å²) in [6, 6.07) is 10.9. The summed E-state index contributed by atoms with van der Waals surface area (Å²) in [5.41, 5.74) is 1.56. The predicted molar refractivity (Wildman–Crippen MR) is 80.8 cm³/mol. The molecule has 1 atom stereocenters. The van der Waals surface area contributed by atoms with Crippen LogP contribution < -0.4 is 10.1 Å². The monoisotopic (exact) mass is 334 g/mol. The molecular weight excluding hydrogens is 320 g/mol. The maximum absolute atomic E-state index is 12.1. The molecule has 0 aliphatic carbocycles. The van der Waals surface area contributed by atoms with Gasteiger partial charge in [0, 0.05) is 11.8 Å². The van der Waals surface area contributed by atoms with Crippen molar-refractivity contribution in [2.24, 2.45) is 0 Å². The molecule has 1 amide bonds. The Morgan fingerprint density at radius 2 is 2.15 bits per heavy atom. The summed E-state index contributed by atoms with van der Waals surface area (Å²) in [4.78, 5) is 16.1. The van der Waals surface area contributed by atoms with Crippen LogP contribution in [0.1, 0.15) is 28.9 Å². The van der Waals surface area contributed by atoms with Gasteiger partial charge in [0.2, 0.25) is 0 Å². The summed E-state index contributed by atoms with van der Waals surface area (Å²) in [6.07, 6.45) is 1.59. The van der Waals surface area contributed by atoms with Gasteiger partial charge < -0.3 is 10.1 Å². The molecule has 0 saturated carbocycles. The number of ether oxygens (including phenoxy) is 1. The molecule has 5 heteroatoms. The first kappa shape index (κ1) is 14.5. The Kier molecular flexibility index (Phi) is 4.74. The summed E-state index contributed by atoms with van der Waals surface area (Å²) in [5, 5.41) is 2.95. The van der Waals surface area contributed by atoms with Crippen molar-refractivity contribution >= 4 is 21.8 Å². The molecule has 2 aromatic rings. The number of methoxy groups -OCH3 is 1. The zero-order chi connectivity index (χ0) is 14.5. The number of nitrogens with one attached hydrogen (secondary N) is 1. The third-order valence-electron chi connectivity index (χ3n) is 2.93. The number of carbonyl (C=O) groups is 1. The average Bonchev–Trinajstić information content (AvgIpc) is 2.47. The highest BCUT2D eigenvalue weighted by atomic mass is 79.9. The van der Waals surface area contributed by atoms with E-state index in [0.29, 0.717) is 10.2 Å². The zero-order valence-corrected chi connectivity index (χ0v) is 12.8.